The zero-order valence-corrected chi connectivity index (χ0v) is 20.6. The zero-order chi connectivity index (χ0) is 25.3. The zero-order valence-electron chi connectivity index (χ0n) is 20.6. The van der Waals surface area contributed by atoms with Crippen molar-refractivity contribution in [1.82, 2.24) is 10.6 Å². The van der Waals surface area contributed by atoms with Crippen molar-refractivity contribution in [2.75, 3.05) is 25.5 Å². The van der Waals surface area contributed by atoms with E-state index in [2.05, 4.69) is 16.0 Å². The first-order valence-corrected chi connectivity index (χ1v) is 12.0. The van der Waals surface area contributed by atoms with Gasteiger partial charge < -0.3 is 20.7 Å². The Morgan fingerprint density at radius 1 is 0.861 bits per heavy atom. The molecule has 0 aliphatic heterocycles. The van der Waals surface area contributed by atoms with E-state index in [1.807, 2.05) is 91.9 Å². The molecule has 6 nitrogen and oxygen atoms in total. The lowest BCUT2D eigenvalue weighted by Gasteiger charge is -2.20. The molecule has 2 amide bonds. The molecule has 0 spiro atoms. The Kier molecular flexibility index (Phi) is 8.19. The molecule has 36 heavy (non-hydrogen) atoms. The van der Waals surface area contributed by atoms with Gasteiger partial charge in [-0.3, -0.25) is 9.59 Å². The summed E-state index contributed by atoms with van der Waals surface area (Å²) in [4.78, 5) is 26.3. The Labute approximate surface area is 211 Å². The van der Waals surface area contributed by atoms with Gasteiger partial charge in [-0.1, -0.05) is 60.2 Å². The quantitative estimate of drug-likeness (QED) is 0.286. The van der Waals surface area contributed by atoms with Crippen molar-refractivity contribution in [2.24, 2.45) is 0 Å². The fourth-order valence-electron chi connectivity index (χ4n) is 4.15. The maximum Gasteiger partial charge on any atom is 0.251 e. The van der Waals surface area contributed by atoms with Crippen LogP contribution in [-0.4, -0.2) is 38.1 Å². The number of rotatable bonds is 10. The van der Waals surface area contributed by atoms with E-state index >= 15 is 0 Å². The first-order chi connectivity index (χ1) is 17.5. The average molecular weight is 482 g/mol. The van der Waals surface area contributed by atoms with Crippen molar-refractivity contribution >= 4 is 28.3 Å². The predicted octanol–water partition coefficient (Wildman–Crippen LogP) is 4.73. The maximum absolute atomic E-state index is 13.2. The predicted molar refractivity (Wildman–Crippen MR) is 145 cm³/mol. The second kappa shape index (κ2) is 11.9. The van der Waals surface area contributed by atoms with Gasteiger partial charge in [-0.05, 0) is 59.7 Å². The van der Waals surface area contributed by atoms with Gasteiger partial charge in [-0.15, -0.1) is 0 Å². The van der Waals surface area contributed by atoms with E-state index < -0.39 is 6.04 Å². The number of methoxy groups -OCH3 is 1. The second-order valence-corrected chi connectivity index (χ2v) is 8.68. The summed E-state index contributed by atoms with van der Waals surface area (Å²) < 4.78 is 5.18. The molecule has 0 aliphatic rings. The first kappa shape index (κ1) is 24.8. The molecule has 3 N–H and O–H groups in total. The molecule has 4 aromatic carbocycles. The molecular weight excluding hydrogens is 450 g/mol. The molecule has 0 bridgehead atoms. The standard InChI is InChI=1S/C30H31N3O3/c1-21-7-5-11-24(19-21)29(34)33-28(20-23-10-6-9-22-8-3-4-12-27(22)23)30(35)32-18-17-31-25-13-15-26(36-2)16-14-25/h3-16,19,28,31H,17-18,20H2,1-2H3,(H,32,35)(H,33,34). The maximum atomic E-state index is 13.2. The number of fused-ring (bicyclic) bond motifs is 1. The molecule has 0 fully saturated rings. The van der Waals surface area contributed by atoms with Crippen LogP contribution >= 0.6 is 0 Å². The lowest BCUT2D eigenvalue weighted by atomic mass is 9.98. The number of benzene rings is 4. The summed E-state index contributed by atoms with van der Waals surface area (Å²) in [5, 5.41) is 11.4. The van der Waals surface area contributed by atoms with E-state index in [1.165, 1.54) is 0 Å². The molecular formula is C30H31N3O3. The fraction of sp³-hybridized carbons (Fsp3) is 0.200. The first-order valence-electron chi connectivity index (χ1n) is 12.0. The number of carbonyl (C=O) groups excluding carboxylic acids is 2. The van der Waals surface area contributed by atoms with Crippen LogP contribution in [0.3, 0.4) is 0 Å². The number of hydrogen-bond donors (Lipinski definition) is 3. The van der Waals surface area contributed by atoms with E-state index in [0.717, 1.165) is 33.3 Å². The Balaban J connectivity index is 1.45. The average Bonchev–Trinajstić information content (AvgIpc) is 2.91. The van der Waals surface area contributed by atoms with Gasteiger partial charge in [0, 0.05) is 30.8 Å². The fourth-order valence-corrected chi connectivity index (χ4v) is 4.15. The highest BCUT2D eigenvalue weighted by Crippen LogP contribution is 2.20. The minimum Gasteiger partial charge on any atom is -0.497 e. The molecule has 4 rings (SSSR count). The van der Waals surface area contributed by atoms with Crippen molar-refractivity contribution in [1.29, 1.82) is 0 Å². The SMILES string of the molecule is COc1ccc(NCCNC(=O)C(Cc2cccc3ccccc23)NC(=O)c2cccc(C)c2)cc1. The minimum atomic E-state index is -0.718. The summed E-state index contributed by atoms with van der Waals surface area (Å²) in [6, 6.07) is 28.3. The van der Waals surface area contributed by atoms with Crippen LogP contribution in [0.5, 0.6) is 5.75 Å². The van der Waals surface area contributed by atoms with Crippen molar-refractivity contribution in [3.8, 4) is 5.75 Å². The highest BCUT2D eigenvalue weighted by molar-refractivity contribution is 5.98. The smallest absolute Gasteiger partial charge is 0.251 e. The third-order valence-corrected chi connectivity index (χ3v) is 6.05. The molecule has 1 unspecified atom stereocenters. The van der Waals surface area contributed by atoms with Crippen molar-refractivity contribution in [3.63, 3.8) is 0 Å². The highest BCUT2D eigenvalue weighted by Gasteiger charge is 2.22. The van der Waals surface area contributed by atoms with Crippen LogP contribution in [-0.2, 0) is 11.2 Å². The number of amides is 2. The Hall–Kier alpha value is -4.32. The molecule has 0 heterocycles. The van der Waals surface area contributed by atoms with Crippen LogP contribution in [0.2, 0.25) is 0 Å². The van der Waals surface area contributed by atoms with E-state index in [-0.39, 0.29) is 11.8 Å². The summed E-state index contributed by atoms with van der Waals surface area (Å²) in [6.07, 6.45) is 0.386. The largest absolute Gasteiger partial charge is 0.497 e. The number of aryl methyl sites for hydroxylation is 1. The van der Waals surface area contributed by atoms with Crippen LogP contribution < -0.4 is 20.7 Å². The Morgan fingerprint density at radius 3 is 2.39 bits per heavy atom. The lowest BCUT2D eigenvalue weighted by Crippen LogP contribution is -2.48. The molecule has 4 aromatic rings. The third-order valence-electron chi connectivity index (χ3n) is 6.05. The monoisotopic (exact) mass is 481 g/mol. The van der Waals surface area contributed by atoms with Crippen LogP contribution in [0.15, 0.2) is 91.0 Å². The van der Waals surface area contributed by atoms with Gasteiger partial charge in [-0.2, -0.15) is 0 Å². The highest BCUT2D eigenvalue weighted by atomic mass is 16.5. The van der Waals surface area contributed by atoms with Gasteiger partial charge in [0.1, 0.15) is 11.8 Å². The summed E-state index contributed by atoms with van der Waals surface area (Å²) in [5.41, 5.74) is 3.47. The van der Waals surface area contributed by atoms with Gasteiger partial charge in [0.15, 0.2) is 0 Å². The van der Waals surface area contributed by atoms with Gasteiger partial charge in [0.05, 0.1) is 7.11 Å². The molecule has 6 heteroatoms. The van der Waals surface area contributed by atoms with Crippen LogP contribution in [0.25, 0.3) is 10.8 Å². The third kappa shape index (κ3) is 6.42. The summed E-state index contributed by atoms with van der Waals surface area (Å²) >= 11 is 0. The Morgan fingerprint density at radius 2 is 1.61 bits per heavy atom. The summed E-state index contributed by atoms with van der Waals surface area (Å²) in [7, 11) is 1.63. The number of anilines is 1. The molecule has 0 saturated heterocycles. The van der Waals surface area contributed by atoms with Gasteiger partial charge in [-0.25, -0.2) is 0 Å². The molecule has 0 aromatic heterocycles. The van der Waals surface area contributed by atoms with Gasteiger partial charge in [0.2, 0.25) is 5.91 Å². The summed E-state index contributed by atoms with van der Waals surface area (Å²) in [5.74, 6) is 0.297. The van der Waals surface area contributed by atoms with E-state index in [1.54, 1.807) is 13.2 Å². The van der Waals surface area contributed by atoms with E-state index in [4.69, 9.17) is 4.74 Å². The number of carbonyl (C=O) groups is 2. The van der Waals surface area contributed by atoms with Crippen molar-refractivity contribution in [2.45, 2.75) is 19.4 Å². The number of ether oxygens (including phenoxy) is 1. The van der Waals surface area contributed by atoms with Gasteiger partial charge >= 0.3 is 0 Å². The molecule has 1 atom stereocenters. The van der Waals surface area contributed by atoms with Crippen LogP contribution in [0.4, 0.5) is 5.69 Å². The van der Waals surface area contributed by atoms with Crippen LogP contribution in [0, 0.1) is 6.92 Å². The molecule has 0 saturated carbocycles. The second-order valence-electron chi connectivity index (χ2n) is 8.68. The number of hydrogen-bond acceptors (Lipinski definition) is 4. The number of nitrogens with one attached hydrogen (secondary N) is 3. The van der Waals surface area contributed by atoms with E-state index in [9.17, 15) is 9.59 Å². The van der Waals surface area contributed by atoms with Gasteiger partial charge in [0.25, 0.3) is 5.91 Å². The van der Waals surface area contributed by atoms with Crippen molar-refractivity contribution < 1.29 is 14.3 Å². The molecule has 184 valence electrons. The minimum absolute atomic E-state index is 0.222. The van der Waals surface area contributed by atoms with E-state index in [0.29, 0.717) is 25.1 Å². The molecule has 0 radical (unpaired) electrons. The topological polar surface area (TPSA) is 79.5 Å². The normalized spacial score (nSPS) is 11.5. The Bertz CT molecular complexity index is 1330. The lowest BCUT2D eigenvalue weighted by molar-refractivity contribution is -0.122. The molecule has 0 aliphatic carbocycles. The summed E-state index contributed by atoms with van der Waals surface area (Å²) in [6.45, 7) is 2.90. The van der Waals surface area contributed by atoms with Crippen LogP contribution in [0.1, 0.15) is 21.5 Å². The van der Waals surface area contributed by atoms with Crippen molar-refractivity contribution in [3.05, 3.63) is 108 Å².